The first kappa shape index (κ1) is 25.6. The Bertz CT molecular complexity index is 1290. The number of carbonyl (C=O) groups is 1. The summed E-state index contributed by atoms with van der Waals surface area (Å²) in [6.07, 6.45) is 0. The second kappa shape index (κ2) is 11.4. The lowest BCUT2D eigenvalue weighted by Crippen LogP contribution is -2.44. The zero-order chi connectivity index (χ0) is 25.5. The smallest absolute Gasteiger partial charge is 0.330 e. The molecule has 0 saturated carbocycles. The molecule has 0 saturated heterocycles. The number of aromatic amines is 1. The van der Waals surface area contributed by atoms with Crippen LogP contribution >= 0.6 is 0 Å². The molecule has 3 N–H and O–H groups in total. The summed E-state index contributed by atoms with van der Waals surface area (Å²) in [5, 5.41) is 0. The predicted molar refractivity (Wildman–Crippen MR) is 135 cm³/mol. The number of hydrogen-bond donors (Lipinski definition) is 2. The van der Waals surface area contributed by atoms with Gasteiger partial charge in [-0.3, -0.25) is 24.0 Å². The second-order valence-corrected chi connectivity index (χ2v) is 8.03. The molecule has 0 aliphatic rings. The van der Waals surface area contributed by atoms with Crippen LogP contribution in [0.1, 0.15) is 18.1 Å². The van der Waals surface area contributed by atoms with Gasteiger partial charge >= 0.3 is 5.69 Å². The average Bonchev–Trinajstić information content (AvgIpc) is 2.84. The molecule has 0 radical (unpaired) electrons. The van der Waals surface area contributed by atoms with Gasteiger partial charge in [-0.15, -0.1) is 0 Å². The zero-order valence-corrected chi connectivity index (χ0v) is 20.4. The Morgan fingerprint density at radius 2 is 1.77 bits per heavy atom. The van der Waals surface area contributed by atoms with E-state index in [-0.39, 0.29) is 37.0 Å². The minimum Gasteiger partial charge on any atom is -0.493 e. The third-order valence-corrected chi connectivity index (χ3v) is 5.61. The van der Waals surface area contributed by atoms with E-state index in [0.717, 1.165) is 11.1 Å². The number of para-hydroxylation sites is 1. The van der Waals surface area contributed by atoms with Crippen LogP contribution < -0.4 is 31.4 Å². The number of H-pyrrole nitrogens is 1. The Hall–Kier alpha value is -4.05. The highest BCUT2D eigenvalue weighted by atomic mass is 16.5. The molecule has 0 bridgehead atoms. The third-order valence-electron chi connectivity index (χ3n) is 5.61. The van der Waals surface area contributed by atoms with Crippen molar-refractivity contribution in [3.8, 4) is 11.5 Å². The number of nitrogens with zero attached hydrogens (tertiary/aromatic N) is 3. The van der Waals surface area contributed by atoms with Gasteiger partial charge in [0.1, 0.15) is 5.82 Å². The van der Waals surface area contributed by atoms with E-state index in [0.29, 0.717) is 18.0 Å². The van der Waals surface area contributed by atoms with Gasteiger partial charge in [0.2, 0.25) is 5.91 Å². The summed E-state index contributed by atoms with van der Waals surface area (Å²) < 4.78 is 12.1. The fourth-order valence-electron chi connectivity index (χ4n) is 3.96. The number of nitrogens with one attached hydrogen (secondary N) is 1. The molecule has 186 valence electrons. The number of nitrogen functional groups attached to an aromatic ring is 1. The quantitative estimate of drug-likeness (QED) is 0.452. The maximum Gasteiger partial charge on any atom is 0.330 e. The average molecular weight is 482 g/mol. The van der Waals surface area contributed by atoms with Crippen molar-refractivity contribution in [3.05, 3.63) is 80.5 Å². The van der Waals surface area contributed by atoms with Gasteiger partial charge in [-0.2, -0.15) is 0 Å². The summed E-state index contributed by atoms with van der Waals surface area (Å²) in [6.45, 7) is 2.52. The van der Waals surface area contributed by atoms with Crippen molar-refractivity contribution in [2.75, 3.05) is 45.0 Å². The maximum atomic E-state index is 13.2. The highest BCUT2D eigenvalue weighted by Crippen LogP contribution is 2.31. The number of amides is 1. The summed E-state index contributed by atoms with van der Waals surface area (Å²) in [4.78, 5) is 43.8. The minimum absolute atomic E-state index is 0.00486. The number of likely N-dealkylation sites (N-methyl/N-ethyl adjacent to an activating group) is 2. The van der Waals surface area contributed by atoms with E-state index < -0.39 is 11.2 Å². The molecule has 0 aliphatic carbocycles. The molecule has 2 aromatic carbocycles. The van der Waals surface area contributed by atoms with Gasteiger partial charge in [0.25, 0.3) is 5.56 Å². The first-order valence-corrected chi connectivity index (χ1v) is 11.2. The predicted octanol–water partition coefficient (Wildman–Crippen LogP) is 1.67. The van der Waals surface area contributed by atoms with E-state index >= 15 is 0 Å². The number of anilines is 2. The van der Waals surface area contributed by atoms with Crippen molar-refractivity contribution in [1.29, 1.82) is 0 Å². The Kier molecular flexibility index (Phi) is 8.32. The molecule has 35 heavy (non-hydrogen) atoms. The van der Waals surface area contributed by atoms with Gasteiger partial charge in [0, 0.05) is 18.7 Å². The van der Waals surface area contributed by atoms with Crippen LogP contribution in [-0.4, -0.2) is 54.7 Å². The molecule has 1 heterocycles. The third kappa shape index (κ3) is 5.72. The van der Waals surface area contributed by atoms with Crippen LogP contribution in [0.5, 0.6) is 11.5 Å². The highest BCUT2D eigenvalue weighted by molar-refractivity contribution is 5.96. The number of hydrogen-bond acceptors (Lipinski definition) is 7. The van der Waals surface area contributed by atoms with Gasteiger partial charge in [-0.05, 0) is 25.6 Å². The minimum atomic E-state index is -0.705. The lowest BCUT2D eigenvalue weighted by Gasteiger charge is -2.26. The van der Waals surface area contributed by atoms with Crippen molar-refractivity contribution in [2.24, 2.45) is 0 Å². The van der Waals surface area contributed by atoms with Crippen LogP contribution in [0, 0.1) is 0 Å². The zero-order valence-electron chi connectivity index (χ0n) is 20.4. The van der Waals surface area contributed by atoms with Crippen molar-refractivity contribution >= 4 is 17.4 Å². The lowest BCUT2D eigenvalue weighted by atomic mass is 10.1. The number of ether oxygens (including phenoxy) is 2. The van der Waals surface area contributed by atoms with Crippen molar-refractivity contribution < 1.29 is 14.3 Å². The molecule has 1 aromatic heterocycles. The summed E-state index contributed by atoms with van der Waals surface area (Å²) >= 11 is 0. The lowest BCUT2D eigenvalue weighted by molar-refractivity contribution is -0.119. The topological polar surface area (TPSA) is 123 Å². The number of rotatable bonds is 10. The van der Waals surface area contributed by atoms with Crippen LogP contribution in [0.15, 0.2) is 58.1 Å². The Labute approximate surface area is 203 Å². The Balaban J connectivity index is 1.86. The van der Waals surface area contributed by atoms with Crippen LogP contribution in [0.2, 0.25) is 0 Å². The normalized spacial score (nSPS) is 10.9. The van der Waals surface area contributed by atoms with Crippen LogP contribution in [0.3, 0.4) is 0 Å². The van der Waals surface area contributed by atoms with Crippen molar-refractivity contribution in [2.45, 2.75) is 20.0 Å². The number of benzene rings is 2. The molecular formula is C25H31N5O5. The number of carbonyl (C=O) groups excluding carboxylic acids is 1. The molecule has 0 atom stereocenters. The van der Waals surface area contributed by atoms with Crippen LogP contribution in [-0.2, 0) is 17.9 Å². The monoisotopic (exact) mass is 481 g/mol. The molecule has 0 unspecified atom stereocenters. The van der Waals surface area contributed by atoms with E-state index in [9.17, 15) is 14.4 Å². The van der Waals surface area contributed by atoms with Crippen molar-refractivity contribution in [3.63, 3.8) is 0 Å². The van der Waals surface area contributed by atoms with E-state index in [1.807, 2.05) is 42.5 Å². The van der Waals surface area contributed by atoms with Gasteiger partial charge in [0.15, 0.2) is 17.2 Å². The molecule has 3 aromatic rings. The van der Waals surface area contributed by atoms with E-state index in [1.54, 1.807) is 39.2 Å². The highest BCUT2D eigenvalue weighted by Gasteiger charge is 2.24. The molecule has 0 fully saturated rings. The van der Waals surface area contributed by atoms with E-state index in [2.05, 4.69) is 4.98 Å². The summed E-state index contributed by atoms with van der Waals surface area (Å²) in [6, 6.07) is 14.8. The molecule has 10 nitrogen and oxygen atoms in total. The van der Waals surface area contributed by atoms with Crippen LogP contribution in [0.25, 0.3) is 0 Å². The fraction of sp³-hybridized carbons (Fsp3) is 0.320. The summed E-state index contributed by atoms with van der Waals surface area (Å²) in [7, 11) is 4.91. The fourth-order valence-corrected chi connectivity index (χ4v) is 3.96. The van der Waals surface area contributed by atoms with Gasteiger partial charge in [-0.25, -0.2) is 4.79 Å². The first-order chi connectivity index (χ1) is 16.8. The van der Waals surface area contributed by atoms with Crippen LogP contribution in [0.4, 0.5) is 11.5 Å². The first-order valence-electron chi connectivity index (χ1n) is 11.2. The molecule has 10 heteroatoms. The number of nitrogens with two attached hydrogens (primary N) is 1. The molecule has 0 aliphatic heterocycles. The maximum absolute atomic E-state index is 13.2. The molecule has 1 amide bonds. The molecule has 3 rings (SSSR count). The molecule has 0 spiro atoms. The molecular weight excluding hydrogens is 450 g/mol. The summed E-state index contributed by atoms with van der Waals surface area (Å²) in [5.41, 5.74) is 6.58. The van der Waals surface area contributed by atoms with E-state index in [1.165, 1.54) is 9.47 Å². The largest absolute Gasteiger partial charge is 0.493 e. The SMILES string of the molecule is CCN(C(=O)CN(C)Cc1cccc(OC)c1OC)c1c(N)n(Cc2ccccc2)c(=O)[nH]c1=O. The summed E-state index contributed by atoms with van der Waals surface area (Å²) in [5.74, 6) is 0.795. The van der Waals surface area contributed by atoms with Gasteiger partial charge in [-0.1, -0.05) is 42.5 Å². The second-order valence-electron chi connectivity index (χ2n) is 8.03. The standard InChI is InChI=1S/C25H31N5O5/c1-5-29(20(31)16-28(2)15-18-12-9-13-19(34-3)22(18)35-4)21-23(26)30(25(33)27-24(21)32)14-17-10-7-6-8-11-17/h6-13H,5,14-16,26H2,1-4H3,(H,27,32,33). The Morgan fingerprint density at radius 1 is 1.06 bits per heavy atom. The van der Waals surface area contributed by atoms with Crippen molar-refractivity contribution in [1.82, 2.24) is 14.5 Å². The van der Waals surface area contributed by atoms with Gasteiger partial charge in [0.05, 0.1) is 27.3 Å². The van der Waals surface area contributed by atoms with Gasteiger partial charge < -0.3 is 20.1 Å². The van der Waals surface area contributed by atoms with E-state index in [4.69, 9.17) is 15.2 Å². The number of methoxy groups -OCH3 is 2. The Morgan fingerprint density at radius 3 is 2.40 bits per heavy atom. The number of aromatic nitrogens is 2.